The third-order valence-electron chi connectivity index (χ3n) is 7.54. The number of esters is 4. The normalized spacial score (nSPS) is 10.7. The number of benzene rings is 2. The van der Waals surface area contributed by atoms with Crippen LogP contribution in [-0.4, -0.2) is 96.3 Å². The first-order chi connectivity index (χ1) is 25.9. The molecule has 2 amide bonds. The number of Topliss-reactive ketones (excluding diaryl/α,β-unsaturated/α-hetero) is 4. The topological polar surface area (TPSA) is 232 Å². The molecule has 0 aliphatic carbocycles. The van der Waals surface area contributed by atoms with E-state index in [0.29, 0.717) is 11.1 Å². The van der Waals surface area contributed by atoms with Crippen molar-refractivity contribution >= 4 is 58.8 Å². The molecule has 0 atom stereocenters. The minimum absolute atomic E-state index is 0.00558. The van der Waals surface area contributed by atoms with Gasteiger partial charge in [0.15, 0.2) is 5.78 Å². The monoisotopic (exact) mass is 768 g/mol. The van der Waals surface area contributed by atoms with Gasteiger partial charge in [0.2, 0.25) is 40.2 Å². The Hall–Kier alpha value is -6.06. The van der Waals surface area contributed by atoms with Crippen molar-refractivity contribution in [2.75, 3.05) is 26.4 Å². The lowest BCUT2D eigenvalue weighted by molar-refractivity contribution is -0.169. The predicted molar refractivity (Wildman–Crippen MR) is 195 cm³/mol. The van der Waals surface area contributed by atoms with Crippen LogP contribution in [0.5, 0.6) is 0 Å². The van der Waals surface area contributed by atoms with Crippen LogP contribution in [0.2, 0.25) is 0 Å². The van der Waals surface area contributed by atoms with E-state index in [9.17, 15) is 47.9 Å². The number of hydrogen-bond acceptors (Lipinski definition) is 14. The lowest BCUT2D eigenvalue weighted by atomic mass is 9.89. The summed E-state index contributed by atoms with van der Waals surface area (Å²) in [4.78, 5) is 120. The Bertz CT molecular complexity index is 1710. The number of rotatable bonds is 19. The number of hydrogen-bond donors (Lipinski definition) is 2. The van der Waals surface area contributed by atoms with Gasteiger partial charge in [-0.15, -0.1) is 0 Å². The molecule has 0 saturated carbocycles. The van der Waals surface area contributed by atoms with Crippen molar-refractivity contribution in [1.82, 2.24) is 10.6 Å². The summed E-state index contributed by atoms with van der Waals surface area (Å²) in [5.74, 6) is -7.36. The van der Waals surface area contributed by atoms with Crippen LogP contribution >= 0.6 is 0 Å². The summed E-state index contributed by atoms with van der Waals surface area (Å²) in [5, 5.41) is 4.72. The Balaban J connectivity index is 0.000000550. The van der Waals surface area contributed by atoms with Crippen molar-refractivity contribution < 1.29 is 66.9 Å². The fraction of sp³-hybridized carbons (Fsp3) is 0.436. The SMILES string of the molecule is CCOC(=O)C(Cc1ccc(C(=O)C(=O)CC)cc1)(NC(C)=O)C(=O)OCC.CCOC(=O)C(Cc1ccc(C(=O)C(C)=O)cc1)(NC(C)=O)C(=O)OCC. The fourth-order valence-corrected chi connectivity index (χ4v) is 5.05. The second-order valence-corrected chi connectivity index (χ2v) is 11.8. The highest BCUT2D eigenvalue weighted by Gasteiger charge is 2.51. The molecule has 0 unspecified atom stereocenters. The van der Waals surface area contributed by atoms with E-state index in [1.54, 1.807) is 34.6 Å². The van der Waals surface area contributed by atoms with Crippen molar-refractivity contribution in [2.45, 2.75) is 85.7 Å². The maximum Gasteiger partial charge on any atom is 0.344 e. The minimum Gasteiger partial charge on any atom is -0.464 e. The number of ketones is 4. The average molecular weight is 769 g/mol. The lowest BCUT2D eigenvalue weighted by Gasteiger charge is -2.29. The molecule has 0 fully saturated rings. The van der Waals surface area contributed by atoms with Crippen LogP contribution in [0.4, 0.5) is 0 Å². The molecule has 0 saturated heterocycles. The third-order valence-corrected chi connectivity index (χ3v) is 7.54. The van der Waals surface area contributed by atoms with Gasteiger partial charge in [0.05, 0.1) is 26.4 Å². The van der Waals surface area contributed by atoms with Gasteiger partial charge in [0, 0.05) is 51.2 Å². The van der Waals surface area contributed by atoms with E-state index in [4.69, 9.17) is 18.9 Å². The van der Waals surface area contributed by atoms with Crippen LogP contribution < -0.4 is 10.6 Å². The number of ether oxygens (including phenoxy) is 4. The van der Waals surface area contributed by atoms with Gasteiger partial charge in [0.1, 0.15) is 0 Å². The Kier molecular flexibility index (Phi) is 19.0. The van der Waals surface area contributed by atoms with E-state index in [0.717, 1.165) is 0 Å². The zero-order chi connectivity index (χ0) is 41.9. The summed E-state index contributed by atoms with van der Waals surface area (Å²) in [7, 11) is 0. The highest BCUT2D eigenvalue weighted by Crippen LogP contribution is 2.21. The Morgan fingerprint density at radius 1 is 0.473 bits per heavy atom. The quantitative estimate of drug-likeness (QED) is 0.0687. The van der Waals surface area contributed by atoms with Crippen molar-refractivity contribution in [3.63, 3.8) is 0 Å². The second kappa shape index (κ2) is 22.2. The van der Waals surface area contributed by atoms with Crippen molar-refractivity contribution in [3.8, 4) is 0 Å². The van der Waals surface area contributed by atoms with Gasteiger partial charge in [-0.1, -0.05) is 55.5 Å². The van der Waals surface area contributed by atoms with E-state index < -0.39 is 69.9 Å². The molecule has 2 rings (SSSR count). The maximum atomic E-state index is 12.6. The predicted octanol–water partition coefficient (Wildman–Crippen LogP) is 2.39. The maximum absolute atomic E-state index is 12.6. The van der Waals surface area contributed by atoms with Crippen molar-refractivity contribution in [1.29, 1.82) is 0 Å². The summed E-state index contributed by atoms with van der Waals surface area (Å²) in [6, 6.07) is 11.7. The molecule has 0 aliphatic rings. The largest absolute Gasteiger partial charge is 0.464 e. The van der Waals surface area contributed by atoms with E-state index in [-0.39, 0.29) is 56.8 Å². The molecular formula is C39H48N2O14. The first kappa shape index (κ1) is 47.0. The fourth-order valence-electron chi connectivity index (χ4n) is 5.05. The summed E-state index contributed by atoms with van der Waals surface area (Å²) < 4.78 is 20.0. The molecule has 16 nitrogen and oxygen atoms in total. The van der Waals surface area contributed by atoms with Gasteiger partial charge in [-0.3, -0.25) is 28.8 Å². The van der Waals surface area contributed by atoms with E-state index in [1.165, 1.54) is 69.3 Å². The molecule has 2 N–H and O–H groups in total. The zero-order valence-corrected chi connectivity index (χ0v) is 32.3. The first-order valence-electron chi connectivity index (χ1n) is 17.5. The standard InChI is InChI=1S/C20H25NO7.C19H23NO7/c1-5-16(23)17(24)15-10-8-14(9-11-15)12-20(21-13(4)22,18(25)27-6-2)19(26)28-7-3;1-5-26-17(24)19(20-13(4)22,18(25)27-6-2)11-14-7-9-15(10-8-14)16(23)12(3)21/h8-11H,5-7,12H2,1-4H3,(H,21,22);7-10H,5-6,11H2,1-4H3,(H,20,22). The number of carbonyl (C=O) groups is 10. The number of amides is 2. The average Bonchev–Trinajstić information content (AvgIpc) is 3.14. The lowest BCUT2D eigenvalue weighted by Crippen LogP contribution is -2.62. The Labute approximate surface area is 319 Å². The van der Waals surface area contributed by atoms with Gasteiger partial charge < -0.3 is 29.6 Å². The third kappa shape index (κ3) is 13.1. The van der Waals surface area contributed by atoms with Crippen molar-refractivity contribution in [3.05, 3.63) is 70.8 Å². The van der Waals surface area contributed by atoms with Crippen LogP contribution in [0.25, 0.3) is 0 Å². The summed E-state index contributed by atoms with van der Waals surface area (Å²) in [6.07, 6.45) is -0.378. The summed E-state index contributed by atoms with van der Waals surface area (Å²) >= 11 is 0. The van der Waals surface area contributed by atoms with E-state index in [2.05, 4.69) is 10.6 Å². The van der Waals surface area contributed by atoms with Crippen LogP contribution in [0, 0.1) is 0 Å². The van der Waals surface area contributed by atoms with Crippen LogP contribution in [0.3, 0.4) is 0 Å². The summed E-state index contributed by atoms with van der Waals surface area (Å²) in [6.45, 7) is 11.4. The smallest absolute Gasteiger partial charge is 0.344 e. The molecule has 0 aromatic heterocycles. The highest BCUT2D eigenvalue weighted by molar-refractivity contribution is 6.43. The second-order valence-electron chi connectivity index (χ2n) is 11.8. The highest BCUT2D eigenvalue weighted by atomic mass is 16.6. The molecule has 2 aromatic rings. The Morgan fingerprint density at radius 3 is 1.00 bits per heavy atom. The minimum atomic E-state index is -2.05. The molecule has 0 aliphatic heterocycles. The van der Waals surface area contributed by atoms with E-state index in [1.807, 2.05) is 0 Å². The van der Waals surface area contributed by atoms with Gasteiger partial charge >= 0.3 is 23.9 Å². The van der Waals surface area contributed by atoms with Crippen LogP contribution in [0.1, 0.15) is 93.7 Å². The van der Waals surface area contributed by atoms with Gasteiger partial charge in [-0.05, 0) is 38.8 Å². The van der Waals surface area contributed by atoms with Gasteiger partial charge in [-0.25, -0.2) is 19.2 Å². The molecule has 55 heavy (non-hydrogen) atoms. The van der Waals surface area contributed by atoms with Crippen molar-refractivity contribution in [2.24, 2.45) is 0 Å². The number of nitrogens with one attached hydrogen (secondary N) is 2. The van der Waals surface area contributed by atoms with Crippen LogP contribution in [0.15, 0.2) is 48.5 Å². The zero-order valence-electron chi connectivity index (χ0n) is 32.3. The van der Waals surface area contributed by atoms with Gasteiger partial charge in [0.25, 0.3) is 0 Å². The molecule has 0 radical (unpaired) electrons. The molecular weight excluding hydrogens is 720 g/mol. The molecule has 0 bridgehead atoms. The van der Waals surface area contributed by atoms with Gasteiger partial charge in [-0.2, -0.15) is 0 Å². The van der Waals surface area contributed by atoms with E-state index >= 15 is 0 Å². The summed E-state index contributed by atoms with van der Waals surface area (Å²) in [5.41, 5.74) is -2.79. The molecule has 2 aromatic carbocycles. The van der Waals surface area contributed by atoms with Crippen LogP contribution in [-0.2, 0) is 70.1 Å². The Morgan fingerprint density at radius 2 is 0.764 bits per heavy atom. The molecule has 298 valence electrons. The molecule has 0 heterocycles. The first-order valence-corrected chi connectivity index (χ1v) is 17.5. The molecule has 16 heteroatoms. The molecule has 0 spiro atoms. The number of carbonyl (C=O) groups excluding carboxylic acids is 10.